The number of amides is 1. The van der Waals surface area contributed by atoms with Gasteiger partial charge in [-0.3, -0.25) is 4.79 Å². The first-order chi connectivity index (χ1) is 10.7. The number of hydrogen-bond donors (Lipinski definition) is 2. The molecule has 1 fully saturated rings. The summed E-state index contributed by atoms with van der Waals surface area (Å²) in [6.07, 6.45) is 3.20. The largest absolute Gasteiger partial charge is 0.492 e. The van der Waals surface area contributed by atoms with Gasteiger partial charge in [-0.2, -0.15) is 0 Å². The molecular weight excluding hydrogens is 349 g/mol. The predicted molar refractivity (Wildman–Crippen MR) is 102 cm³/mol. The van der Waals surface area contributed by atoms with Crippen LogP contribution >= 0.6 is 24.8 Å². The van der Waals surface area contributed by atoms with Crippen molar-refractivity contribution < 1.29 is 9.53 Å². The lowest BCUT2D eigenvalue weighted by atomic mass is 10.0. The summed E-state index contributed by atoms with van der Waals surface area (Å²) in [5, 5.41) is 6.28. The molecule has 2 rings (SSSR count). The van der Waals surface area contributed by atoms with Crippen molar-refractivity contribution in [3.8, 4) is 5.75 Å². The van der Waals surface area contributed by atoms with Gasteiger partial charge in [0.2, 0.25) is 5.91 Å². The van der Waals surface area contributed by atoms with Crippen LogP contribution in [0.3, 0.4) is 0 Å². The van der Waals surface area contributed by atoms with Gasteiger partial charge in [-0.15, -0.1) is 24.8 Å². The fraction of sp³-hybridized carbons (Fsp3) is 0.588. The van der Waals surface area contributed by atoms with Crippen LogP contribution in [-0.2, 0) is 11.3 Å². The van der Waals surface area contributed by atoms with E-state index in [1.165, 1.54) is 0 Å². The Bertz CT molecular complexity index is 481. The van der Waals surface area contributed by atoms with Gasteiger partial charge in [0.15, 0.2) is 0 Å². The van der Waals surface area contributed by atoms with Crippen molar-refractivity contribution in [3.05, 3.63) is 29.8 Å². The van der Waals surface area contributed by atoms with Gasteiger partial charge < -0.3 is 20.3 Å². The van der Waals surface area contributed by atoms with E-state index >= 15 is 0 Å². The Kier molecular flexibility index (Phi) is 11.8. The number of para-hydroxylation sites is 1. The first-order valence-corrected chi connectivity index (χ1v) is 8.03. The van der Waals surface area contributed by atoms with Gasteiger partial charge in [0, 0.05) is 18.7 Å². The highest BCUT2D eigenvalue weighted by Crippen LogP contribution is 2.18. The van der Waals surface area contributed by atoms with Gasteiger partial charge in [0.1, 0.15) is 12.4 Å². The van der Waals surface area contributed by atoms with Gasteiger partial charge in [0.25, 0.3) is 0 Å². The Morgan fingerprint density at radius 1 is 1.29 bits per heavy atom. The normalized spacial score (nSPS) is 16.7. The molecule has 0 aromatic heterocycles. The minimum Gasteiger partial charge on any atom is -0.492 e. The topological polar surface area (TPSA) is 53.6 Å². The summed E-state index contributed by atoms with van der Waals surface area (Å²) >= 11 is 0. The van der Waals surface area contributed by atoms with E-state index in [0.717, 1.165) is 43.7 Å². The quantitative estimate of drug-likeness (QED) is 0.764. The number of hydrogen-bond acceptors (Lipinski definition) is 4. The Morgan fingerprint density at radius 3 is 2.71 bits per heavy atom. The number of benzene rings is 1. The van der Waals surface area contributed by atoms with Crippen molar-refractivity contribution in [2.75, 3.05) is 33.8 Å². The van der Waals surface area contributed by atoms with Gasteiger partial charge >= 0.3 is 0 Å². The molecule has 1 aliphatic rings. The highest BCUT2D eigenvalue weighted by molar-refractivity contribution is 5.85. The zero-order chi connectivity index (χ0) is 15.8. The summed E-state index contributed by atoms with van der Waals surface area (Å²) in [7, 11) is 4.04. The number of nitrogens with zero attached hydrogens (tertiary/aromatic N) is 1. The zero-order valence-electron chi connectivity index (χ0n) is 14.4. The highest BCUT2D eigenvalue weighted by Gasteiger charge is 2.20. The molecule has 1 aromatic carbocycles. The van der Waals surface area contributed by atoms with E-state index < -0.39 is 0 Å². The van der Waals surface area contributed by atoms with Crippen LogP contribution in [0.25, 0.3) is 0 Å². The third kappa shape index (κ3) is 7.71. The zero-order valence-corrected chi connectivity index (χ0v) is 16.0. The van der Waals surface area contributed by atoms with Gasteiger partial charge in [0.05, 0.1) is 6.04 Å². The Morgan fingerprint density at radius 2 is 2.04 bits per heavy atom. The second-order valence-electron chi connectivity index (χ2n) is 5.98. The van der Waals surface area contributed by atoms with Gasteiger partial charge in [-0.05, 0) is 39.5 Å². The number of carbonyl (C=O) groups is 1. The molecular formula is C17H29Cl2N3O2. The van der Waals surface area contributed by atoms with Crippen LogP contribution < -0.4 is 15.4 Å². The number of piperidine rings is 1. The highest BCUT2D eigenvalue weighted by atomic mass is 35.5. The van der Waals surface area contributed by atoms with Gasteiger partial charge in [-0.25, -0.2) is 0 Å². The lowest BCUT2D eigenvalue weighted by Gasteiger charge is -2.22. The average Bonchev–Trinajstić information content (AvgIpc) is 2.54. The maximum atomic E-state index is 12.2. The number of rotatable bonds is 7. The minimum absolute atomic E-state index is 0. The standard InChI is InChI=1S/C17H27N3O2.2ClH/c1-20(2)11-12-22-16-9-4-3-7-14(16)13-19-17(21)15-8-5-6-10-18-15;;/h3-4,7,9,15,18H,5-6,8,10-13H2,1-2H3,(H,19,21);2*1H/t15-;;/m1../s1. The molecule has 24 heavy (non-hydrogen) atoms. The number of halogens is 2. The summed E-state index contributed by atoms with van der Waals surface area (Å²) in [5.41, 5.74) is 1.02. The third-order valence-electron chi connectivity index (χ3n) is 3.85. The van der Waals surface area contributed by atoms with Crippen LogP contribution in [0.1, 0.15) is 24.8 Å². The molecule has 0 spiro atoms. The van der Waals surface area contributed by atoms with Crippen molar-refractivity contribution >= 4 is 30.7 Å². The van der Waals surface area contributed by atoms with Crippen molar-refractivity contribution in [3.63, 3.8) is 0 Å². The third-order valence-corrected chi connectivity index (χ3v) is 3.85. The molecule has 1 saturated heterocycles. The molecule has 1 aromatic rings. The Hall–Kier alpha value is -1.01. The Labute approximate surface area is 157 Å². The summed E-state index contributed by atoms with van der Waals surface area (Å²) in [4.78, 5) is 14.2. The van der Waals surface area contributed by atoms with Crippen LogP contribution in [0.2, 0.25) is 0 Å². The van der Waals surface area contributed by atoms with Crippen molar-refractivity contribution in [1.29, 1.82) is 0 Å². The molecule has 1 aliphatic heterocycles. The van der Waals surface area contributed by atoms with Crippen molar-refractivity contribution in [2.24, 2.45) is 0 Å². The second-order valence-corrected chi connectivity index (χ2v) is 5.98. The number of ether oxygens (including phenoxy) is 1. The summed E-state index contributed by atoms with van der Waals surface area (Å²) in [6.45, 7) is 2.95. The van der Waals surface area contributed by atoms with Crippen LogP contribution in [0, 0.1) is 0 Å². The van der Waals surface area contributed by atoms with E-state index in [-0.39, 0.29) is 36.8 Å². The van der Waals surface area contributed by atoms with Gasteiger partial charge in [-0.1, -0.05) is 24.6 Å². The van der Waals surface area contributed by atoms with Crippen LogP contribution in [0.4, 0.5) is 0 Å². The average molecular weight is 378 g/mol. The van der Waals surface area contributed by atoms with Crippen LogP contribution in [0.5, 0.6) is 5.75 Å². The van der Waals surface area contributed by atoms with E-state index in [9.17, 15) is 4.79 Å². The molecule has 7 heteroatoms. The fourth-order valence-corrected chi connectivity index (χ4v) is 2.51. The molecule has 1 atom stereocenters. The van der Waals surface area contributed by atoms with Crippen LogP contribution in [0.15, 0.2) is 24.3 Å². The predicted octanol–water partition coefficient (Wildman–Crippen LogP) is 2.23. The summed E-state index contributed by atoms with van der Waals surface area (Å²) in [5.74, 6) is 0.934. The molecule has 1 heterocycles. The summed E-state index contributed by atoms with van der Waals surface area (Å²) < 4.78 is 5.82. The minimum atomic E-state index is -0.0458. The van der Waals surface area contributed by atoms with E-state index in [2.05, 4.69) is 15.5 Å². The SMILES string of the molecule is CN(C)CCOc1ccccc1CNC(=O)[C@H]1CCCCN1.Cl.Cl. The van der Waals surface area contributed by atoms with E-state index in [1.807, 2.05) is 38.4 Å². The molecule has 0 saturated carbocycles. The molecule has 1 amide bonds. The van der Waals surface area contributed by atoms with Crippen molar-refractivity contribution in [1.82, 2.24) is 15.5 Å². The monoisotopic (exact) mass is 377 g/mol. The molecule has 0 bridgehead atoms. The maximum absolute atomic E-state index is 12.2. The number of nitrogens with one attached hydrogen (secondary N) is 2. The van der Waals surface area contributed by atoms with E-state index in [0.29, 0.717) is 13.2 Å². The lowest BCUT2D eigenvalue weighted by Crippen LogP contribution is -2.46. The number of carbonyl (C=O) groups excluding carboxylic acids is 1. The van der Waals surface area contributed by atoms with Crippen LogP contribution in [-0.4, -0.2) is 50.6 Å². The molecule has 2 N–H and O–H groups in total. The first-order valence-electron chi connectivity index (χ1n) is 8.03. The summed E-state index contributed by atoms with van der Waals surface area (Å²) in [6, 6.07) is 7.84. The molecule has 0 aliphatic carbocycles. The fourth-order valence-electron chi connectivity index (χ4n) is 2.51. The van der Waals surface area contributed by atoms with Crippen molar-refractivity contribution in [2.45, 2.75) is 31.8 Å². The maximum Gasteiger partial charge on any atom is 0.237 e. The molecule has 138 valence electrons. The smallest absolute Gasteiger partial charge is 0.237 e. The molecule has 0 radical (unpaired) electrons. The first kappa shape index (κ1) is 23.0. The van der Waals surface area contributed by atoms with E-state index in [1.54, 1.807) is 0 Å². The lowest BCUT2D eigenvalue weighted by molar-refractivity contribution is -0.123. The van der Waals surface area contributed by atoms with E-state index in [4.69, 9.17) is 4.74 Å². The molecule has 0 unspecified atom stereocenters. The molecule has 5 nitrogen and oxygen atoms in total. The second kappa shape index (κ2) is 12.4. The Balaban J connectivity index is 0.00000264. The number of likely N-dealkylation sites (N-methyl/N-ethyl adjacent to an activating group) is 1.